The maximum Gasteiger partial charge on any atom is 0.335 e. The van der Waals surface area contributed by atoms with Crippen molar-refractivity contribution in [2.75, 3.05) is 0 Å². The number of halogens is 1. The number of hydrogen-bond acceptors (Lipinski definition) is 2. The molecule has 0 aliphatic heterocycles. The van der Waals surface area contributed by atoms with Crippen LogP contribution in [0.5, 0.6) is 0 Å². The van der Waals surface area contributed by atoms with Gasteiger partial charge in [0.25, 0.3) is 0 Å². The summed E-state index contributed by atoms with van der Waals surface area (Å²) in [6.07, 6.45) is 2.94. The summed E-state index contributed by atoms with van der Waals surface area (Å²) in [6, 6.07) is 11.4. The average molecular weight is 270 g/mol. The van der Waals surface area contributed by atoms with E-state index >= 15 is 0 Å². The monoisotopic (exact) mass is 270 g/mol. The van der Waals surface area contributed by atoms with Crippen LogP contribution in [0.1, 0.15) is 26.3 Å². The predicted molar refractivity (Wildman–Crippen MR) is 73.2 cm³/mol. The molecule has 0 saturated carbocycles. The van der Waals surface area contributed by atoms with Crippen molar-refractivity contribution in [3.63, 3.8) is 0 Å². The zero-order valence-corrected chi connectivity index (χ0v) is 10.4. The molecule has 2 aromatic carbocycles. The molecule has 0 heterocycles. The molecule has 0 unspecified atom stereocenters. The van der Waals surface area contributed by atoms with E-state index in [1.54, 1.807) is 18.2 Å². The molecule has 0 amide bonds. The van der Waals surface area contributed by atoms with Crippen molar-refractivity contribution >= 4 is 17.8 Å². The van der Waals surface area contributed by atoms with Gasteiger partial charge in [-0.05, 0) is 48.0 Å². The summed E-state index contributed by atoms with van der Waals surface area (Å²) in [5, 5.41) is 8.76. The van der Waals surface area contributed by atoms with Crippen molar-refractivity contribution < 1.29 is 19.1 Å². The number of benzene rings is 2. The molecule has 0 aliphatic rings. The van der Waals surface area contributed by atoms with E-state index in [0.717, 1.165) is 0 Å². The minimum atomic E-state index is -0.997. The maximum absolute atomic E-state index is 12.7. The van der Waals surface area contributed by atoms with Crippen LogP contribution in [0, 0.1) is 5.82 Å². The van der Waals surface area contributed by atoms with Crippen molar-refractivity contribution in [2.45, 2.75) is 0 Å². The lowest BCUT2D eigenvalue weighted by Gasteiger charge is -1.97. The van der Waals surface area contributed by atoms with Crippen LogP contribution in [-0.4, -0.2) is 16.9 Å². The Bertz CT molecular complexity index is 655. The third-order valence-electron chi connectivity index (χ3n) is 2.71. The summed E-state index contributed by atoms with van der Waals surface area (Å²) in [6.45, 7) is 0. The van der Waals surface area contributed by atoms with E-state index in [1.165, 1.54) is 42.5 Å². The number of aromatic carboxylic acids is 1. The second-order valence-electron chi connectivity index (χ2n) is 4.13. The fourth-order valence-corrected chi connectivity index (χ4v) is 1.62. The van der Waals surface area contributed by atoms with Gasteiger partial charge < -0.3 is 5.11 Å². The van der Waals surface area contributed by atoms with E-state index in [4.69, 9.17) is 5.11 Å². The topological polar surface area (TPSA) is 54.4 Å². The number of ketones is 1. The quantitative estimate of drug-likeness (QED) is 0.684. The van der Waals surface area contributed by atoms with Crippen molar-refractivity contribution in [1.82, 2.24) is 0 Å². The van der Waals surface area contributed by atoms with Crippen molar-refractivity contribution in [2.24, 2.45) is 0 Å². The van der Waals surface area contributed by atoms with E-state index in [-0.39, 0.29) is 11.3 Å². The Balaban J connectivity index is 2.10. The molecule has 0 radical (unpaired) electrons. The lowest BCUT2D eigenvalue weighted by molar-refractivity contribution is 0.0696. The van der Waals surface area contributed by atoms with Crippen LogP contribution >= 0.6 is 0 Å². The Kier molecular flexibility index (Phi) is 4.05. The molecule has 0 atom stereocenters. The first-order chi connectivity index (χ1) is 9.56. The zero-order chi connectivity index (χ0) is 14.5. The van der Waals surface area contributed by atoms with Gasteiger partial charge in [0.05, 0.1) is 5.56 Å². The minimum Gasteiger partial charge on any atom is -0.478 e. The summed E-state index contributed by atoms with van der Waals surface area (Å²) in [5.41, 5.74) is 1.29. The highest BCUT2D eigenvalue weighted by molar-refractivity contribution is 6.06. The molecule has 0 bridgehead atoms. The van der Waals surface area contributed by atoms with Gasteiger partial charge in [0.1, 0.15) is 5.82 Å². The van der Waals surface area contributed by atoms with Crippen LogP contribution < -0.4 is 0 Å². The summed E-state index contributed by atoms with van der Waals surface area (Å²) in [5.74, 6) is -1.63. The fraction of sp³-hybridized carbons (Fsp3) is 0. The number of carboxylic acid groups (broad SMARTS) is 1. The van der Waals surface area contributed by atoms with Crippen LogP contribution in [0.15, 0.2) is 54.6 Å². The molecular formula is C16H11FO3. The Labute approximate surface area is 115 Å². The van der Waals surface area contributed by atoms with Crippen molar-refractivity contribution in [3.8, 4) is 0 Å². The van der Waals surface area contributed by atoms with Crippen LogP contribution in [-0.2, 0) is 0 Å². The van der Waals surface area contributed by atoms with E-state index < -0.39 is 11.8 Å². The first-order valence-corrected chi connectivity index (χ1v) is 5.87. The molecule has 100 valence electrons. The predicted octanol–water partition coefficient (Wildman–Crippen LogP) is 3.42. The second-order valence-corrected chi connectivity index (χ2v) is 4.13. The van der Waals surface area contributed by atoms with Gasteiger partial charge in [-0.1, -0.05) is 18.2 Å². The molecule has 3 nitrogen and oxygen atoms in total. The molecule has 2 aromatic rings. The van der Waals surface area contributed by atoms with Gasteiger partial charge in [-0.15, -0.1) is 0 Å². The van der Waals surface area contributed by atoms with Gasteiger partial charge in [-0.25, -0.2) is 9.18 Å². The molecule has 2 rings (SSSR count). The summed E-state index contributed by atoms with van der Waals surface area (Å²) >= 11 is 0. The number of allylic oxidation sites excluding steroid dienone is 1. The largest absolute Gasteiger partial charge is 0.478 e. The van der Waals surface area contributed by atoms with Crippen LogP contribution in [0.25, 0.3) is 6.08 Å². The van der Waals surface area contributed by atoms with Crippen molar-refractivity contribution in [1.29, 1.82) is 0 Å². The first-order valence-electron chi connectivity index (χ1n) is 5.87. The van der Waals surface area contributed by atoms with Gasteiger partial charge >= 0.3 is 5.97 Å². The molecule has 0 aliphatic carbocycles. The van der Waals surface area contributed by atoms with Gasteiger partial charge in [0.2, 0.25) is 0 Å². The normalized spacial score (nSPS) is 10.7. The Hall–Kier alpha value is -2.75. The number of carbonyl (C=O) groups excluding carboxylic acids is 1. The number of rotatable bonds is 4. The molecule has 0 aromatic heterocycles. The Morgan fingerprint density at radius 2 is 1.45 bits per heavy atom. The van der Waals surface area contributed by atoms with E-state index in [2.05, 4.69) is 0 Å². The highest BCUT2D eigenvalue weighted by Gasteiger charge is 2.02. The van der Waals surface area contributed by atoms with Gasteiger partial charge in [0.15, 0.2) is 5.78 Å². The summed E-state index contributed by atoms with van der Waals surface area (Å²) in [7, 11) is 0. The smallest absolute Gasteiger partial charge is 0.335 e. The van der Waals surface area contributed by atoms with E-state index in [0.29, 0.717) is 11.1 Å². The molecular weight excluding hydrogens is 259 g/mol. The number of carbonyl (C=O) groups is 2. The maximum atomic E-state index is 12.7. The molecule has 4 heteroatoms. The average Bonchev–Trinajstić information content (AvgIpc) is 2.46. The highest BCUT2D eigenvalue weighted by Crippen LogP contribution is 2.09. The van der Waals surface area contributed by atoms with Crippen LogP contribution in [0.2, 0.25) is 0 Å². The van der Waals surface area contributed by atoms with Gasteiger partial charge in [-0.2, -0.15) is 0 Å². The van der Waals surface area contributed by atoms with Crippen LogP contribution in [0.4, 0.5) is 4.39 Å². The van der Waals surface area contributed by atoms with Crippen molar-refractivity contribution in [3.05, 3.63) is 77.1 Å². The van der Waals surface area contributed by atoms with Gasteiger partial charge in [0, 0.05) is 5.56 Å². The highest BCUT2D eigenvalue weighted by atomic mass is 19.1. The summed E-state index contributed by atoms with van der Waals surface area (Å²) < 4.78 is 12.7. The number of carboxylic acids is 1. The minimum absolute atomic E-state index is 0.187. The Morgan fingerprint density at radius 3 is 2.00 bits per heavy atom. The van der Waals surface area contributed by atoms with Crippen LogP contribution in [0.3, 0.4) is 0 Å². The third-order valence-corrected chi connectivity index (χ3v) is 2.71. The second kappa shape index (κ2) is 5.93. The summed E-state index contributed by atoms with van der Waals surface area (Å²) in [4.78, 5) is 22.5. The van der Waals surface area contributed by atoms with E-state index in [1.807, 2.05) is 0 Å². The Morgan fingerprint density at radius 1 is 0.900 bits per heavy atom. The molecule has 0 spiro atoms. The molecule has 20 heavy (non-hydrogen) atoms. The third kappa shape index (κ3) is 3.38. The first kappa shape index (κ1) is 13.7. The van der Waals surface area contributed by atoms with E-state index in [9.17, 15) is 14.0 Å². The van der Waals surface area contributed by atoms with Gasteiger partial charge in [-0.3, -0.25) is 4.79 Å². The zero-order valence-electron chi connectivity index (χ0n) is 10.4. The standard InChI is InChI=1S/C16H11FO3/c17-14-8-6-12(7-9-14)15(18)10-3-11-1-4-13(5-2-11)16(19)20/h1-10H,(H,19,20)/b10-3+. The molecule has 0 fully saturated rings. The lowest BCUT2D eigenvalue weighted by atomic mass is 10.1. The SMILES string of the molecule is O=C(O)c1ccc(/C=C/C(=O)c2ccc(F)cc2)cc1. The lowest BCUT2D eigenvalue weighted by Crippen LogP contribution is -1.95. The molecule has 1 N–H and O–H groups in total. The molecule has 0 saturated heterocycles. The number of hydrogen-bond donors (Lipinski definition) is 1. The fourth-order valence-electron chi connectivity index (χ4n) is 1.62.